The molecule has 0 saturated heterocycles. The smallest absolute Gasteiger partial charge is 0.302 e. The van der Waals surface area contributed by atoms with Crippen LogP contribution in [-0.2, 0) is 9.53 Å². The Hall–Kier alpha value is -0.790. The Balaban J connectivity index is 2.51. The Morgan fingerprint density at radius 1 is 1.69 bits per heavy atom. The first-order chi connectivity index (χ1) is 6.06. The fraction of sp³-hybridized carbons (Fsp3) is 0.727. The van der Waals surface area contributed by atoms with Crippen molar-refractivity contribution < 1.29 is 9.53 Å². The average Bonchev–Trinajstić information content (AvgIpc) is 2.03. The number of carbonyl (C=O) groups is 1. The second kappa shape index (κ2) is 3.95. The maximum absolute atomic E-state index is 10.8. The zero-order chi connectivity index (χ0) is 9.90. The minimum absolute atomic E-state index is 0.106. The van der Waals surface area contributed by atoms with E-state index in [4.69, 9.17) is 4.74 Å². The van der Waals surface area contributed by atoms with E-state index in [1.54, 1.807) is 0 Å². The van der Waals surface area contributed by atoms with Crippen molar-refractivity contribution >= 4 is 5.97 Å². The molecule has 1 saturated carbocycles. The summed E-state index contributed by atoms with van der Waals surface area (Å²) < 4.78 is 5.20. The van der Waals surface area contributed by atoms with Gasteiger partial charge in [-0.3, -0.25) is 4.79 Å². The molecule has 1 aliphatic rings. The van der Waals surface area contributed by atoms with E-state index in [0.717, 1.165) is 25.7 Å². The highest BCUT2D eigenvalue weighted by Gasteiger charge is 2.30. The molecule has 1 fully saturated rings. The van der Waals surface area contributed by atoms with E-state index < -0.39 is 0 Å². The van der Waals surface area contributed by atoms with Crippen LogP contribution in [0.5, 0.6) is 0 Å². The molecule has 2 nitrogen and oxygen atoms in total. The van der Waals surface area contributed by atoms with Gasteiger partial charge in [0.2, 0.25) is 0 Å². The molecular formula is C11H18O2. The lowest BCUT2D eigenvalue weighted by Gasteiger charge is -2.35. The van der Waals surface area contributed by atoms with Gasteiger partial charge in [-0.15, -0.1) is 6.58 Å². The molecule has 2 heteroatoms. The molecular weight excluding hydrogens is 164 g/mol. The Morgan fingerprint density at radius 3 is 2.92 bits per heavy atom. The highest BCUT2D eigenvalue weighted by atomic mass is 16.5. The molecule has 0 heterocycles. The Labute approximate surface area is 80.0 Å². The molecule has 0 aromatic rings. The summed E-state index contributed by atoms with van der Waals surface area (Å²) >= 11 is 0. The van der Waals surface area contributed by atoms with Crippen LogP contribution in [-0.4, -0.2) is 12.1 Å². The molecule has 0 N–H and O–H groups in total. The van der Waals surface area contributed by atoms with Gasteiger partial charge < -0.3 is 4.74 Å². The number of allylic oxidation sites excluding steroid dienone is 1. The molecule has 13 heavy (non-hydrogen) atoms. The van der Waals surface area contributed by atoms with E-state index in [1.807, 2.05) is 6.08 Å². The number of hydrogen-bond acceptors (Lipinski definition) is 2. The second-order valence-corrected chi connectivity index (χ2v) is 4.19. The molecule has 0 aromatic carbocycles. The van der Waals surface area contributed by atoms with Gasteiger partial charge in [0.1, 0.15) is 6.10 Å². The van der Waals surface area contributed by atoms with Crippen LogP contribution in [0.2, 0.25) is 0 Å². The van der Waals surface area contributed by atoms with Crippen molar-refractivity contribution in [1.29, 1.82) is 0 Å². The number of ether oxygens (including phenoxy) is 1. The summed E-state index contributed by atoms with van der Waals surface area (Å²) in [4.78, 5) is 10.8. The van der Waals surface area contributed by atoms with Gasteiger partial charge in [-0.1, -0.05) is 13.0 Å². The highest BCUT2D eigenvalue weighted by Crippen LogP contribution is 2.37. The minimum Gasteiger partial charge on any atom is -0.463 e. The molecule has 0 radical (unpaired) electrons. The molecule has 0 aromatic heterocycles. The standard InChI is InChI=1S/C11H18O2/c1-4-11(3)7-5-6-10(8-11)13-9(2)12/h4,10H,1,5-8H2,2-3H3/t10-,11+/m0/s1. The van der Waals surface area contributed by atoms with Crippen LogP contribution >= 0.6 is 0 Å². The summed E-state index contributed by atoms with van der Waals surface area (Å²) in [6.45, 7) is 7.48. The summed E-state index contributed by atoms with van der Waals surface area (Å²) in [5, 5.41) is 0. The Kier molecular flexibility index (Phi) is 3.12. The van der Waals surface area contributed by atoms with Gasteiger partial charge in [-0.25, -0.2) is 0 Å². The van der Waals surface area contributed by atoms with Crippen LogP contribution in [0.25, 0.3) is 0 Å². The molecule has 0 bridgehead atoms. The molecule has 0 spiro atoms. The summed E-state index contributed by atoms with van der Waals surface area (Å²) in [6, 6.07) is 0. The fourth-order valence-electron chi connectivity index (χ4n) is 1.98. The normalized spacial score (nSPS) is 33.8. The van der Waals surface area contributed by atoms with Crippen molar-refractivity contribution in [2.24, 2.45) is 5.41 Å². The van der Waals surface area contributed by atoms with Gasteiger partial charge in [-0.05, 0) is 31.1 Å². The monoisotopic (exact) mass is 182 g/mol. The zero-order valence-electron chi connectivity index (χ0n) is 8.51. The molecule has 0 amide bonds. The highest BCUT2D eigenvalue weighted by molar-refractivity contribution is 5.66. The van der Waals surface area contributed by atoms with E-state index in [-0.39, 0.29) is 17.5 Å². The van der Waals surface area contributed by atoms with Crippen LogP contribution in [0.3, 0.4) is 0 Å². The largest absolute Gasteiger partial charge is 0.463 e. The molecule has 0 unspecified atom stereocenters. The quantitative estimate of drug-likeness (QED) is 0.485. The number of esters is 1. The van der Waals surface area contributed by atoms with Crippen molar-refractivity contribution in [3.63, 3.8) is 0 Å². The number of hydrogen-bond donors (Lipinski definition) is 0. The first kappa shape index (κ1) is 10.3. The molecule has 2 atom stereocenters. The third-order valence-electron chi connectivity index (χ3n) is 2.79. The molecule has 74 valence electrons. The minimum atomic E-state index is -0.168. The first-order valence-electron chi connectivity index (χ1n) is 4.86. The van der Waals surface area contributed by atoms with E-state index in [0.29, 0.717) is 0 Å². The maximum Gasteiger partial charge on any atom is 0.302 e. The van der Waals surface area contributed by atoms with Crippen molar-refractivity contribution in [3.8, 4) is 0 Å². The Morgan fingerprint density at radius 2 is 2.38 bits per heavy atom. The first-order valence-corrected chi connectivity index (χ1v) is 4.86. The summed E-state index contributed by atoms with van der Waals surface area (Å²) in [7, 11) is 0. The van der Waals surface area contributed by atoms with Gasteiger partial charge in [0.25, 0.3) is 0 Å². The van der Waals surface area contributed by atoms with Gasteiger partial charge >= 0.3 is 5.97 Å². The van der Waals surface area contributed by atoms with Crippen LogP contribution in [0.1, 0.15) is 39.5 Å². The fourth-order valence-corrected chi connectivity index (χ4v) is 1.98. The summed E-state index contributed by atoms with van der Waals surface area (Å²) in [5.41, 5.74) is 0.165. The van der Waals surface area contributed by atoms with Crippen LogP contribution in [0, 0.1) is 5.41 Å². The lowest BCUT2D eigenvalue weighted by molar-refractivity contribution is -0.149. The molecule has 0 aliphatic heterocycles. The van der Waals surface area contributed by atoms with Crippen LogP contribution in [0.15, 0.2) is 12.7 Å². The van der Waals surface area contributed by atoms with E-state index in [1.165, 1.54) is 6.92 Å². The van der Waals surface area contributed by atoms with E-state index in [9.17, 15) is 4.79 Å². The summed E-state index contributed by atoms with van der Waals surface area (Å²) in [6.07, 6.45) is 6.31. The van der Waals surface area contributed by atoms with E-state index in [2.05, 4.69) is 13.5 Å². The predicted octanol–water partition coefficient (Wildman–Crippen LogP) is 2.68. The van der Waals surface area contributed by atoms with Crippen molar-refractivity contribution in [3.05, 3.63) is 12.7 Å². The topological polar surface area (TPSA) is 26.3 Å². The number of rotatable bonds is 2. The predicted molar refractivity (Wildman–Crippen MR) is 52.3 cm³/mol. The van der Waals surface area contributed by atoms with Gasteiger partial charge in [0.15, 0.2) is 0 Å². The summed E-state index contributed by atoms with van der Waals surface area (Å²) in [5.74, 6) is -0.168. The SMILES string of the molecule is C=C[C@]1(C)CCC[C@H](OC(C)=O)C1. The maximum atomic E-state index is 10.8. The second-order valence-electron chi connectivity index (χ2n) is 4.19. The van der Waals surface area contributed by atoms with Gasteiger partial charge in [0, 0.05) is 6.92 Å². The molecule has 1 rings (SSSR count). The third kappa shape index (κ3) is 2.87. The third-order valence-corrected chi connectivity index (χ3v) is 2.79. The van der Waals surface area contributed by atoms with Crippen molar-refractivity contribution in [1.82, 2.24) is 0 Å². The van der Waals surface area contributed by atoms with E-state index >= 15 is 0 Å². The van der Waals surface area contributed by atoms with Gasteiger partial charge in [-0.2, -0.15) is 0 Å². The lowest BCUT2D eigenvalue weighted by Crippen LogP contribution is -2.30. The zero-order valence-corrected chi connectivity index (χ0v) is 8.51. The average molecular weight is 182 g/mol. The lowest BCUT2D eigenvalue weighted by atomic mass is 9.74. The Bertz CT molecular complexity index is 210. The number of carbonyl (C=O) groups excluding carboxylic acids is 1. The van der Waals surface area contributed by atoms with Crippen molar-refractivity contribution in [2.75, 3.05) is 0 Å². The van der Waals surface area contributed by atoms with Crippen molar-refractivity contribution in [2.45, 2.75) is 45.6 Å². The van der Waals surface area contributed by atoms with Gasteiger partial charge in [0.05, 0.1) is 0 Å². The van der Waals surface area contributed by atoms with Crippen LogP contribution < -0.4 is 0 Å². The van der Waals surface area contributed by atoms with Crippen LogP contribution in [0.4, 0.5) is 0 Å². The molecule has 1 aliphatic carbocycles.